The van der Waals surface area contributed by atoms with Crippen LogP contribution in [0.15, 0.2) is 230 Å². The Hall–Kier alpha value is -12.4. The minimum Gasteiger partial charge on any atom is -0.503 e. The molecule has 12 aromatic rings. The second-order valence-corrected chi connectivity index (χ2v) is 35.6. The van der Waals surface area contributed by atoms with Crippen LogP contribution in [0.25, 0.3) is 0 Å². The molecular formula is C99H104Cl4N14O14. The third-order valence-electron chi connectivity index (χ3n) is 24.6. The summed E-state index contributed by atoms with van der Waals surface area (Å²) in [6.45, 7) is 23.4. The van der Waals surface area contributed by atoms with E-state index in [1.165, 1.54) is 84.1 Å². The first-order chi connectivity index (χ1) is 62.9. The second kappa shape index (κ2) is 43.1. The molecule has 0 bridgehead atoms. The Balaban J connectivity index is 0.000000127. The van der Waals surface area contributed by atoms with Gasteiger partial charge < -0.3 is 58.0 Å². The van der Waals surface area contributed by atoms with Crippen LogP contribution in [0.1, 0.15) is 135 Å². The van der Waals surface area contributed by atoms with Crippen LogP contribution in [-0.2, 0) is 124 Å². The largest absolute Gasteiger partial charge is 0.503 e. The fourth-order valence-corrected chi connectivity index (χ4v) is 18.0. The van der Waals surface area contributed by atoms with Crippen LogP contribution >= 0.6 is 46.4 Å². The van der Waals surface area contributed by atoms with E-state index in [-0.39, 0.29) is 77.7 Å². The smallest absolute Gasteiger partial charge is 0.272 e. The van der Waals surface area contributed by atoms with Gasteiger partial charge >= 0.3 is 0 Å². The summed E-state index contributed by atoms with van der Waals surface area (Å²) in [4.78, 5) is 93.7. The molecule has 0 saturated heterocycles. The highest BCUT2D eigenvalue weighted by molar-refractivity contribution is 6.42. The topological polar surface area (TPSA) is 340 Å². The average molecular weight is 1860 g/mol. The van der Waals surface area contributed by atoms with Gasteiger partial charge in [-0.1, -0.05) is 145 Å². The number of pyridine rings is 6. The number of halogens is 4. The number of hydrogen-bond donors (Lipinski definition) is 6. The van der Waals surface area contributed by atoms with Gasteiger partial charge in [-0.05, 0) is 119 Å². The zero-order chi connectivity index (χ0) is 92.8. The fraction of sp³-hybridized carbons (Fsp3) is 0.323. The minimum atomic E-state index is -0.383. The number of nitro benzene ring substituents is 1. The zero-order valence-corrected chi connectivity index (χ0v) is 76.0. The third-order valence-corrected chi connectivity index (χ3v) is 25.8. The van der Waals surface area contributed by atoms with E-state index in [0.29, 0.717) is 83.9 Å². The fourth-order valence-electron chi connectivity index (χ4n) is 17.1. The van der Waals surface area contributed by atoms with Crippen molar-refractivity contribution in [3.63, 3.8) is 0 Å². The molecule has 7 aliphatic rings. The van der Waals surface area contributed by atoms with Crippen LogP contribution in [0.5, 0.6) is 34.5 Å². The van der Waals surface area contributed by atoms with Gasteiger partial charge in [0.2, 0.25) is 32.6 Å². The maximum atomic E-state index is 11.6. The van der Waals surface area contributed by atoms with E-state index in [1.807, 2.05) is 95.0 Å². The van der Waals surface area contributed by atoms with E-state index in [0.717, 1.165) is 179 Å². The number of nitriles is 1. The summed E-state index contributed by atoms with van der Waals surface area (Å²) in [5.41, 5.74) is 14.5. The van der Waals surface area contributed by atoms with Gasteiger partial charge in [-0.3, -0.25) is 68.3 Å². The molecule has 1 unspecified atom stereocenters. The Kier molecular flexibility index (Phi) is 31.2. The van der Waals surface area contributed by atoms with Crippen LogP contribution in [0.3, 0.4) is 0 Å². The number of nitrogens with zero attached hydrogens (tertiary/aromatic N) is 14. The molecule has 32 heteroatoms. The number of hydrogen-bond acceptors (Lipinski definition) is 21. The molecule has 12 heterocycles. The summed E-state index contributed by atoms with van der Waals surface area (Å²) in [6, 6.07) is 53.3. The Morgan fingerprint density at radius 2 is 0.740 bits per heavy atom. The molecule has 6 aliphatic heterocycles. The van der Waals surface area contributed by atoms with Crippen molar-refractivity contribution in [3.8, 4) is 40.6 Å². The molecular weight excluding hydrogens is 1750 g/mol. The molecule has 19 rings (SSSR count). The standard InChI is InChI=1S/C18H20N2O2.C18H22N2O2.C17H19N3O4.C16H15N3O2.2C15H14Cl2N2O2/c21-17-9-16-11-19(7-8-20(16)12-18(17)22)10-13-1-3-14(4-2-13)15-5-6-15;1-3-14-4-6-15(7-5-14)13(2)19-8-9-20-12-18(22)17(21)10-16(20)11-19;1-2-13-4-3-12(7-15(13)20(23)24)9-18-5-6-19-11-17(22)16(21)8-14(19)10-18;17-8-12-3-1-2-4-13(12)9-18-5-6-19-11-16(21)15(20)7-14(19)10-18;16-11-3-10(4-12(17)5-11)7-18-1-2-19-9-15(21)14(20)6-13(19)8-18;16-12-2-1-10(5-13(12)17)7-18-3-4-19-9-15(21)14(20)6-11(19)8-18/h1-4,9,12,15,22H,5-8,10-11H2;4-7,10,12-13,22H,3,8-9,11H2,1-2H3;3-4,7-8,11,22H,2,5-6,9-10H2,1H3;1-4,7,11,21H,5-6,9-10H2;3-6,9,21H,1-2,7-8H2;1-2,5-6,9,21H,3-4,7-8H2. The zero-order valence-electron chi connectivity index (χ0n) is 73.0. The lowest BCUT2D eigenvalue weighted by atomic mass is 10.0. The lowest BCUT2D eigenvalue weighted by Gasteiger charge is -2.35. The molecule has 1 aliphatic carbocycles. The van der Waals surface area contributed by atoms with E-state index in [4.69, 9.17) is 51.7 Å². The van der Waals surface area contributed by atoms with Gasteiger partial charge in [0, 0.05) is 249 Å². The summed E-state index contributed by atoms with van der Waals surface area (Å²) >= 11 is 24.0. The highest BCUT2D eigenvalue weighted by Gasteiger charge is 2.28. The monoisotopic (exact) mass is 1850 g/mol. The van der Waals surface area contributed by atoms with Crippen LogP contribution in [0.4, 0.5) is 5.69 Å². The normalized spacial score (nSPS) is 15.5. The van der Waals surface area contributed by atoms with Gasteiger partial charge in [-0.25, -0.2) is 0 Å². The summed E-state index contributed by atoms with van der Waals surface area (Å²) in [5, 5.41) is 79.6. The quantitative estimate of drug-likeness (QED) is 0.0386. The predicted molar refractivity (Wildman–Crippen MR) is 504 cm³/mol. The predicted octanol–water partition coefficient (Wildman–Crippen LogP) is 14.4. The van der Waals surface area contributed by atoms with E-state index in [2.05, 4.69) is 97.8 Å². The number of benzene rings is 6. The molecule has 0 radical (unpaired) electrons. The van der Waals surface area contributed by atoms with Gasteiger partial charge in [-0.2, -0.15) is 5.26 Å². The minimum absolute atomic E-state index is 0.159. The first kappa shape index (κ1) is 94.7. The number of aromatic hydroxyl groups is 6. The van der Waals surface area contributed by atoms with E-state index < -0.39 is 0 Å². The van der Waals surface area contributed by atoms with E-state index in [9.17, 15) is 69.5 Å². The lowest BCUT2D eigenvalue weighted by molar-refractivity contribution is -0.385. The number of nitro groups is 1. The van der Waals surface area contributed by atoms with Gasteiger partial charge in [0.25, 0.3) is 5.69 Å². The highest BCUT2D eigenvalue weighted by atomic mass is 35.5. The molecule has 682 valence electrons. The maximum Gasteiger partial charge on any atom is 0.272 e. The number of rotatable bonds is 16. The van der Waals surface area contributed by atoms with Gasteiger partial charge in [0.15, 0.2) is 34.5 Å². The molecule has 1 fully saturated rings. The van der Waals surface area contributed by atoms with Crippen molar-refractivity contribution in [1.82, 2.24) is 56.8 Å². The number of aromatic nitrogens is 6. The van der Waals surface area contributed by atoms with Gasteiger partial charge in [-0.15, -0.1) is 0 Å². The number of aryl methyl sites for hydroxylation is 2. The summed E-state index contributed by atoms with van der Waals surface area (Å²) in [7, 11) is 0. The van der Waals surface area contributed by atoms with Crippen molar-refractivity contribution in [3.05, 3.63) is 382 Å². The van der Waals surface area contributed by atoms with Crippen molar-refractivity contribution < 1.29 is 35.6 Å². The first-order valence-corrected chi connectivity index (χ1v) is 45.2. The Morgan fingerprint density at radius 1 is 0.382 bits per heavy atom. The van der Waals surface area contributed by atoms with E-state index >= 15 is 0 Å². The van der Waals surface area contributed by atoms with Crippen molar-refractivity contribution in [2.24, 2.45) is 0 Å². The molecule has 131 heavy (non-hydrogen) atoms. The number of fused-ring (bicyclic) bond motifs is 6. The van der Waals surface area contributed by atoms with Crippen LogP contribution in [-0.4, -0.2) is 132 Å². The van der Waals surface area contributed by atoms with Crippen molar-refractivity contribution >= 4 is 52.1 Å². The molecule has 28 nitrogen and oxygen atoms in total. The molecule has 6 N–H and O–H groups in total. The maximum absolute atomic E-state index is 11.6. The highest BCUT2D eigenvalue weighted by Crippen LogP contribution is 2.40. The van der Waals surface area contributed by atoms with Gasteiger partial charge in [0.05, 0.1) is 63.8 Å². The first-order valence-electron chi connectivity index (χ1n) is 43.7. The van der Waals surface area contributed by atoms with Crippen molar-refractivity contribution in [2.45, 2.75) is 170 Å². The molecule has 6 aromatic carbocycles. The summed E-state index contributed by atoms with van der Waals surface area (Å²) < 4.78 is 11.6. The molecule has 1 atom stereocenters. The molecule has 0 amide bonds. The second-order valence-electron chi connectivity index (χ2n) is 33.9. The van der Waals surface area contributed by atoms with Crippen molar-refractivity contribution in [2.75, 3.05) is 39.3 Å². The average Bonchev–Trinajstić information content (AvgIpc) is 1.43. The van der Waals surface area contributed by atoms with Crippen molar-refractivity contribution in [1.29, 1.82) is 5.26 Å². The molecule has 0 spiro atoms. The SMILES string of the molecule is CCc1ccc(C(C)N2CCn3cc(O)c(=O)cc3C2)cc1.CCc1ccc(CN2CCn3cc(O)c(=O)cc3C2)cc1[N+](=O)[O-].N#Cc1ccccc1CN1CCn2cc(O)c(=O)cc2C1.O=c1cc2n(cc1O)CCN(Cc1cc(Cl)cc(Cl)c1)C2.O=c1cc2n(cc1O)CCN(Cc1ccc(C3CC3)cc1)C2.O=c1cc2n(cc1O)CCN(Cc1ccc(Cl)c(Cl)c1)C2. The lowest BCUT2D eigenvalue weighted by Crippen LogP contribution is -2.36. The van der Waals surface area contributed by atoms with Crippen LogP contribution in [0.2, 0.25) is 20.1 Å². The van der Waals surface area contributed by atoms with Gasteiger partial charge in [0.1, 0.15) is 0 Å². The molecule has 1 saturated carbocycles. The third kappa shape index (κ3) is 24.8. The summed E-state index contributed by atoms with van der Waals surface area (Å²) in [5.74, 6) is -0.366. The Bertz CT molecular complexity index is 6590. The van der Waals surface area contributed by atoms with Crippen LogP contribution < -0.4 is 32.6 Å². The Labute approximate surface area is 776 Å². The molecule has 6 aromatic heterocycles. The summed E-state index contributed by atoms with van der Waals surface area (Å²) in [6.07, 6.45) is 13.4. The van der Waals surface area contributed by atoms with E-state index in [1.54, 1.807) is 42.7 Å². The Morgan fingerprint density at radius 3 is 1.13 bits per heavy atom. The van der Waals surface area contributed by atoms with Crippen LogP contribution in [0, 0.1) is 21.4 Å².